The van der Waals surface area contributed by atoms with E-state index in [-0.39, 0.29) is 17.9 Å². The van der Waals surface area contributed by atoms with Crippen molar-refractivity contribution in [3.05, 3.63) is 18.3 Å². The molecule has 138 valence electrons. The molecule has 1 aromatic heterocycles. The van der Waals surface area contributed by atoms with Crippen molar-refractivity contribution in [2.24, 2.45) is 11.8 Å². The van der Waals surface area contributed by atoms with Gasteiger partial charge in [0, 0.05) is 25.6 Å². The van der Waals surface area contributed by atoms with Gasteiger partial charge < -0.3 is 14.4 Å². The van der Waals surface area contributed by atoms with Gasteiger partial charge in [-0.3, -0.25) is 5.32 Å². The number of pyridine rings is 1. The Bertz CT molecular complexity index is 621. The molecule has 0 amide bonds. The second-order valence-electron chi connectivity index (χ2n) is 6.58. The van der Waals surface area contributed by atoms with Crippen LogP contribution in [0.5, 0.6) is 5.75 Å². The van der Waals surface area contributed by atoms with E-state index in [0.717, 1.165) is 5.82 Å². The number of fused-ring (bicyclic) bond motifs is 1. The van der Waals surface area contributed by atoms with Crippen molar-refractivity contribution in [2.75, 3.05) is 24.5 Å². The number of aromatic nitrogens is 1. The summed E-state index contributed by atoms with van der Waals surface area (Å²) in [5.74, 6) is -0.847. The van der Waals surface area contributed by atoms with Crippen molar-refractivity contribution in [1.29, 1.82) is 0 Å². The minimum Gasteiger partial charge on any atom is -0.489 e. The summed E-state index contributed by atoms with van der Waals surface area (Å²) in [4.78, 5) is 17.4. The Morgan fingerprint density at radius 3 is 2.72 bits per heavy atom. The van der Waals surface area contributed by atoms with E-state index in [9.17, 15) is 18.0 Å². The Balaban J connectivity index is 1.62. The first-order valence-corrected chi connectivity index (χ1v) is 8.13. The summed E-state index contributed by atoms with van der Waals surface area (Å²) in [5.41, 5.74) is 0. The molecule has 0 bridgehead atoms. The largest absolute Gasteiger partial charge is 0.490 e. The first-order valence-electron chi connectivity index (χ1n) is 8.13. The first-order chi connectivity index (χ1) is 11.7. The van der Waals surface area contributed by atoms with Gasteiger partial charge in [0.2, 0.25) is 0 Å². The standard InChI is InChI=1S/C16H20F3N3O3/c1-9(2)24-11-3-4-13(20-6-11)22-7-10-5-21-14(12(10)8-22)25-15(23)16(17,18)19/h3-4,6,9-10,12,14,21H,5,7-8H2,1-2H3/t10-,12+,14?/m0/s1. The number of rotatable bonds is 4. The highest BCUT2D eigenvalue weighted by molar-refractivity contribution is 5.75. The first kappa shape index (κ1) is 17.8. The van der Waals surface area contributed by atoms with E-state index in [1.165, 1.54) is 0 Å². The summed E-state index contributed by atoms with van der Waals surface area (Å²) in [7, 11) is 0. The smallest absolute Gasteiger partial charge is 0.489 e. The average Bonchev–Trinajstić information content (AvgIpc) is 3.08. The van der Waals surface area contributed by atoms with Crippen molar-refractivity contribution in [2.45, 2.75) is 32.4 Å². The van der Waals surface area contributed by atoms with Crippen molar-refractivity contribution in [3.8, 4) is 5.75 Å². The van der Waals surface area contributed by atoms with Crippen molar-refractivity contribution in [1.82, 2.24) is 10.3 Å². The van der Waals surface area contributed by atoms with Crippen LogP contribution < -0.4 is 15.0 Å². The van der Waals surface area contributed by atoms with E-state index in [1.54, 1.807) is 6.20 Å². The number of ether oxygens (including phenoxy) is 2. The van der Waals surface area contributed by atoms with Gasteiger partial charge in [-0.05, 0) is 31.9 Å². The zero-order valence-corrected chi connectivity index (χ0v) is 13.9. The van der Waals surface area contributed by atoms with Crippen LogP contribution in [0.25, 0.3) is 0 Å². The number of halogens is 3. The zero-order chi connectivity index (χ0) is 18.2. The molecular weight excluding hydrogens is 339 g/mol. The van der Waals surface area contributed by atoms with Gasteiger partial charge in [-0.2, -0.15) is 13.2 Å². The van der Waals surface area contributed by atoms with Crippen molar-refractivity contribution < 1.29 is 27.4 Å². The number of nitrogens with zero attached hydrogens (tertiary/aromatic N) is 2. The van der Waals surface area contributed by atoms with E-state index < -0.39 is 18.4 Å². The molecule has 0 saturated carbocycles. The molecule has 2 saturated heterocycles. The fourth-order valence-electron chi connectivity index (χ4n) is 3.27. The molecule has 2 fully saturated rings. The maximum atomic E-state index is 12.4. The zero-order valence-electron chi connectivity index (χ0n) is 13.9. The summed E-state index contributed by atoms with van der Waals surface area (Å²) >= 11 is 0. The summed E-state index contributed by atoms with van der Waals surface area (Å²) < 4.78 is 47.3. The van der Waals surface area contributed by atoms with E-state index >= 15 is 0 Å². The van der Waals surface area contributed by atoms with Gasteiger partial charge in [-0.1, -0.05) is 0 Å². The molecule has 1 aromatic rings. The maximum Gasteiger partial charge on any atom is 0.490 e. The van der Waals surface area contributed by atoms with Crippen LogP contribution in [-0.2, 0) is 9.53 Å². The molecule has 2 aliphatic rings. The van der Waals surface area contributed by atoms with Gasteiger partial charge >= 0.3 is 12.1 Å². The monoisotopic (exact) mass is 359 g/mol. The predicted molar refractivity (Wildman–Crippen MR) is 83.1 cm³/mol. The summed E-state index contributed by atoms with van der Waals surface area (Å²) in [5, 5.41) is 2.85. The van der Waals surface area contributed by atoms with E-state index in [1.807, 2.05) is 30.9 Å². The van der Waals surface area contributed by atoms with Crippen LogP contribution in [-0.4, -0.2) is 49.1 Å². The Kier molecular flexibility index (Phi) is 4.77. The van der Waals surface area contributed by atoms with Gasteiger partial charge in [0.25, 0.3) is 0 Å². The van der Waals surface area contributed by atoms with Crippen LogP contribution >= 0.6 is 0 Å². The summed E-state index contributed by atoms with van der Waals surface area (Å²) in [6.45, 7) is 5.47. The third kappa shape index (κ3) is 3.97. The Morgan fingerprint density at radius 1 is 1.36 bits per heavy atom. The second-order valence-corrected chi connectivity index (χ2v) is 6.58. The molecule has 2 aliphatic heterocycles. The summed E-state index contributed by atoms with van der Waals surface area (Å²) in [6, 6.07) is 3.64. The number of hydrogen-bond donors (Lipinski definition) is 1. The summed E-state index contributed by atoms with van der Waals surface area (Å²) in [6.07, 6.45) is -4.23. The molecule has 25 heavy (non-hydrogen) atoms. The highest BCUT2D eigenvalue weighted by Gasteiger charge is 2.49. The van der Waals surface area contributed by atoms with Crippen LogP contribution in [0.2, 0.25) is 0 Å². The lowest BCUT2D eigenvalue weighted by molar-refractivity contribution is -0.207. The van der Waals surface area contributed by atoms with Gasteiger partial charge in [0.05, 0.1) is 12.3 Å². The molecule has 3 atom stereocenters. The number of carbonyl (C=O) groups is 1. The molecule has 0 aromatic carbocycles. The number of hydrogen-bond acceptors (Lipinski definition) is 6. The highest BCUT2D eigenvalue weighted by atomic mass is 19.4. The van der Waals surface area contributed by atoms with E-state index in [2.05, 4.69) is 15.0 Å². The predicted octanol–water partition coefficient (Wildman–Crippen LogP) is 1.96. The quantitative estimate of drug-likeness (QED) is 0.830. The lowest BCUT2D eigenvalue weighted by atomic mass is 9.99. The number of alkyl halides is 3. The van der Waals surface area contributed by atoms with Gasteiger partial charge in [0.1, 0.15) is 11.6 Å². The molecule has 1 unspecified atom stereocenters. The molecule has 3 heterocycles. The number of esters is 1. The van der Waals surface area contributed by atoms with Crippen LogP contribution in [0.15, 0.2) is 18.3 Å². The molecule has 0 aliphatic carbocycles. The van der Waals surface area contributed by atoms with Crippen LogP contribution in [0.1, 0.15) is 13.8 Å². The van der Waals surface area contributed by atoms with Crippen molar-refractivity contribution >= 4 is 11.8 Å². The average molecular weight is 359 g/mol. The SMILES string of the molecule is CC(C)Oc1ccc(N2C[C@@H]3CNC(OC(=O)C(F)(F)F)[C@@H]3C2)nc1. The topological polar surface area (TPSA) is 63.7 Å². The maximum absolute atomic E-state index is 12.4. The fraction of sp³-hybridized carbons (Fsp3) is 0.625. The molecule has 6 nitrogen and oxygen atoms in total. The van der Waals surface area contributed by atoms with Gasteiger partial charge in [0.15, 0.2) is 6.23 Å². The minimum absolute atomic E-state index is 0.0499. The van der Waals surface area contributed by atoms with Gasteiger partial charge in [-0.15, -0.1) is 0 Å². The lowest BCUT2D eigenvalue weighted by Gasteiger charge is -2.22. The van der Waals surface area contributed by atoms with Crippen LogP contribution in [0, 0.1) is 11.8 Å². The van der Waals surface area contributed by atoms with E-state index in [4.69, 9.17) is 4.74 Å². The lowest BCUT2D eigenvalue weighted by Crippen LogP contribution is -2.40. The fourth-order valence-corrected chi connectivity index (χ4v) is 3.27. The van der Waals surface area contributed by atoms with Crippen LogP contribution in [0.4, 0.5) is 19.0 Å². The normalized spacial score (nSPS) is 26.0. The number of carbonyl (C=O) groups excluding carboxylic acids is 1. The molecule has 3 rings (SSSR count). The number of nitrogens with one attached hydrogen (secondary N) is 1. The molecule has 9 heteroatoms. The van der Waals surface area contributed by atoms with Crippen LogP contribution in [0.3, 0.4) is 0 Å². The third-order valence-electron chi connectivity index (χ3n) is 4.34. The van der Waals surface area contributed by atoms with E-state index in [0.29, 0.717) is 25.4 Å². The molecule has 0 spiro atoms. The molecular formula is C16H20F3N3O3. The second kappa shape index (κ2) is 6.70. The van der Waals surface area contributed by atoms with Crippen molar-refractivity contribution in [3.63, 3.8) is 0 Å². The molecule has 0 radical (unpaired) electrons. The Morgan fingerprint density at radius 2 is 2.12 bits per heavy atom. The molecule has 1 N–H and O–H groups in total. The van der Waals surface area contributed by atoms with Gasteiger partial charge in [-0.25, -0.2) is 9.78 Å². The Hall–Kier alpha value is -2.03. The number of anilines is 1. The minimum atomic E-state index is -4.98. The Labute approximate surface area is 143 Å². The third-order valence-corrected chi connectivity index (χ3v) is 4.34. The highest BCUT2D eigenvalue weighted by Crippen LogP contribution is 2.34.